The SMILES string of the molecule is COC(=O)C(N)CSCc1c(F)ccc(Br)c1F. The van der Waals surface area contributed by atoms with Crippen LogP contribution in [0.4, 0.5) is 8.78 Å². The van der Waals surface area contributed by atoms with E-state index in [0.717, 1.165) is 0 Å². The van der Waals surface area contributed by atoms with E-state index in [-0.39, 0.29) is 21.5 Å². The predicted octanol–water partition coefficient (Wildman–Crippen LogP) is 2.46. The zero-order valence-corrected chi connectivity index (χ0v) is 12.0. The van der Waals surface area contributed by atoms with E-state index in [9.17, 15) is 13.6 Å². The quantitative estimate of drug-likeness (QED) is 0.661. The molecule has 0 aliphatic heterocycles. The van der Waals surface area contributed by atoms with Crippen LogP contribution in [0.5, 0.6) is 0 Å². The number of hydrogen-bond donors (Lipinski definition) is 1. The molecule has 0 spiro atoms. The normalized spacial score (nSPS) is 12.3. The van der Waals surface area contributed by atoms with E-state index >= 15 is 0 Å². The van der Waals surface area contributed by atoms with Gasteiger partial charge in [-0.1, -0.05) is 0 Å². The average Bonchev–Trinajstić information content (AvgIpc) is 2.36. The summed E-state index contributed by atoms with van der Waals surface area (Å²) in [6, 6.07) is 1.70. The maximum absolute atomic E-state index is 13.6. The molecule has 1 aromatic carbocycles. The molecule has 0 aliphatic rings. The van der Waals surface area contributed by atoms with E-state index in [1.54, 1.807) is 0 Å². The van der Waals surface area contributed by atoms with Crippen LogP contribution in [0.15, 0.2) is 16.6 Å². The van der Waals surface area contributed by atoms with Crippen molar-refractivity contribution < 1.29 is 18.3 Å². The first-order valence-electron chi connectivity index (χ1n) is 5.01. The van der Waals surface area contributed by atoms with Crippen LogP contribution in [0.25, 0.3) is 0 Å². The predicted molar refractivity (Wildman–Crippen MR) is 70.2 cm³/mol. The molecule has 0 amide bonds. The van der Waals surface area contributed by atoms with E-state index in [0.29, 0.717) is 0 Å². The topological polar surface area (TPSA) is 52.3 Å². The highest BCUT2D eigenvalue weighted by Crippen LogP contribution is 2.25. The van der Waals surface area contributed by atoms with Gasteiger partial charge in [0.1, 0.15) is 17.7 Å². The molecule has 0 saturated carbocycles. The molecule has 0 fully saturated rings. The van der Waals surface area contributed by atoms with Gasteiger partial charge < -0.3 is 10.5 Å². The highest BCUT2D eigenvalue weighted by molar-refractivity contribution is 9.10. The van der Waals surface area contributed by atoms with Crippen LogP contribution in [-0.4, -0.2) is 24.9 Å². The molecule has 0 bridgehead atoms. The smallest absolute Gasteiger partial charge is 0.323 e. The third-order valence-electron chi connectivity index (χ3n) is 2.19. The summed E-state index contributed by atoms with van der Waals surface area (Å²) in [5, 5.41) is 0. The standard InChI is InChI=1S/C11H12BrF2NO2S/c1-17-11(16)9(15)5-18-4-6-8(13)3-2-7(12)10(6)14/h2-3,9H,4-5,15H2,1H3. The molecule has 0 saturated heterocycles. The van der Waals surface area contributed by atoms with E-state index in [4.69, 9.17) is 5.73 Å². The third kappa shape index (κ3) is 3.93. The lowest BCUT2D eigenvalue weighted by atomic mass is 10.2. The van der Waals surface area contributed by atoms with Gasteiger partial charge in [-0.05, 0) is 28.1 Å². The minimum Gasteiger partial charge on any atom is -0.468 e. The van der Waals surface area contributed by atoms with Gasteiger partial charge in [-0.15, -0.1) is 0 Å². The van der Waals surface area contributed by atoms with Crippen molar-refractivity contribution in [3.63, 3.8) is 0 Å². The van der Waals surface area contributed by atoms with E-state index < -0.39 is 23.6 Å². The molecule has 7 heteroatoms. The molecule has 2 N–H and O–H groups in total. The number of rotatable bonds is 5. The van der Waals surface area contributed by atoms with Crippen LogP contribution >= 0.6 is 27.7 Å². The number of benzene rings is 1. The van der Waals surface area contributed by atoms with E-state index in [1.165, 1.54) is 31.0 Å². The maximum Gasteiger partial charge on any atom is 0.323 e. The lowest BCUT2D eigenvalue weighted by Gasteiger charge is -2.10. The average molecular weight is 340 g/mol. The highest BCUT2D eigenvalue weighted by atomic mass is 79.9. The number of ether oxygens (including phenoxy) is 1. The van der Waals surface area contributed by atoms with Crippen LogP contribution in [-0.2, 0) is 15.3 Å². The second kappa shape index (κ2) is 7.06. The minimum absolute atomic E-state index is 0.0357. The van der Waals surface area contributed by atoms with Crippen molar-refractivity contribution in [2.24, 2.45) is 5.73 Å². The van der Waals surface area contributed by atoms with Gasteiger partial charge in [0.2, 0.25) is 0 Å². The first-order chi connectivity index (χ1) is 8.47. The number of carbonyl (C=O) groups excluding carboxylic acids is 1. The van der Waals surface area contributed by atoms with Crippen molar-refractivity contribution in [2.45, 2.75) is 11.8 Å². The van der Waals surface area contributed by atoms with Crippen molar-refractivity contribution in [3.8, 4) is 0 Å². The van der Waals surface area contributed by atoms with Crippen molar-refractivity contribution in [2.75, 3.05) is 12.9 Å². The lowest BCUT2D eigenvalue weighted by Crippen LogP contribution is -2.33. The first-order valence-corrected chi connectivity index (χ1v) is 6.95. The molecule has 1 aromatic rings. The minimum atomic E-state index is -0.793. The van der Waals surface area contributed by atoms with Gasteiger partial charge in [0.25, 0.3) is 0 Å². The number of carbonyl (C=O) groups is 1. The summed E-state index contributed by atoms with van der Waals surface area (Å²) in [5.41, 5.74) is 5.47. The Hall–Kier alpha value is -0.660. The van der Waals surface area contributed by atoms with Crippen LogP contribution in [0, 0.1) is 11.6 Å². The second-order valence-electron chi connectivity index (χ2n) is 3.47. The van der Waals surface area contributed by atoms with Crippen molar-refractivity contribution >= 4 is 33.7 Å². The largest absolute Gasteiger partial charge is 0.468 e. The van der Waals surface area contributed by atoms with Gasteiger partial charge in [-0.3, -0.25) is 4.79 Å². The fraction of sp³-hybridized carbons (Fsp3) is 0.364. The molecule has 1 unspecified atom stereocenters. The number of hydrogen-bond acceptors (Lipinski definition) is 4. The van der Waals surface area contributed by atoms with Gasteiger partial charge in [-0.2, -0.15) is 11.8 Å². The van der Waals surface area contributed by atoms with Gasteiger partial charge in [0.05, 0.1) is 11.6 Å². The summed E-state index contributed by atoms with van der Waals surface area (Å²) in [6.45, 7) is 0. The Morgan fingerprint density at radius 1 is 1.56 bits per heavy atom. The molecule has 0 heterocycles. The molecule has 3 nitrogen and oxygen atoms in total. The van der Waals surface area contributed by atoms with Crippen molar-refractivity contribution in [3.05, 3.63) is 33.8 Å². The Kier molecular flexibility index (Phi) is 6.04. The molecule has 18 heavy (non-hydrogen) atoms. The fourth-order valence-corrected chi connectivity index (χ4v) is 2.56. The van der Waals surface area contributed by atoms with Crippen LogP contribution in [0.2, 0.25) is 0 Å². The summed E-state index contributed by atoms with van der Waals surface area (Å²) in [5.74, 6) is -1.46. The van der Waals surface area contributed by atoms with Gasteiger partial charge in [0, 0.05) is 17.1 Å². The lowest BCUT2D eigenvalue weighted by molar-refractivity contribution is -0.141. The number of esters is 1. The zero-order chi connectivity index (χ0) is 13.7. The number of halogens is 3. The van der Waals surface area contributed by atoms with E-state index in [2.05, 4.69) is 20.7 Å². The monoisotopic (exact) mass is 339 g/mol. The summed E-state index contributed by atoms with van der Waals surface area (Å²) in [6.07, 6.45) is 0. The summed E-state index contributed by atoms with van der Waals surface area (Å²) >= 11 is 4.15. The number of thioether (sulfide) groups is 1. The number of nitrogens with two attached hydrogens (primary N) is 1. The zero-order valence-electron chi connectivity index (χ0n) is 9.58. The van der Waals surface area contributed by atoms with Crippen molar-refractivity contribution in [1.82, 2.24) is 0 Å². The molecule has 100 valence electrons. The van der Waals surface area contributed by atoms with Gasteiger partial charge >= 0.3 is 5.97 Å². The Labute approximate surface area is 116 Å². The summed E-state index contributed by atoms with van der Waals surface area (Å²) in [7, 11) is 1.24. The van der Waals surface area contributed by atoms with Gasteiger partial charge in [-0.25, -0.2) is 8.78 Å². The molecule has 0 aliphatic carbocycles. The number of methoxy groups -OCH3 is 1. The molecule has 0 radical (unpaired) electrons. The summed E-state index contributed by atoms with van der Waals surface area (Å²) < 4.78 is 31.6. The Morgan fingerprint density at radius 3 is 2.83 bits per heavy atom. The summed E-state index contributed by atoms with van der Waals surface area (Å²) in [4.78, 5) is 11.0. The van der Waals surface area contributed by atoms with Crippen LogP contribution < -0.4 is 5.73 Å². The molecule has 0 aromatic heterocycles. The second-order valence-corrected chi connectivity index (χ2v) is 5.35. The fourth-order valence-electron chi connectivity index (χ4n) is 1.21. The van der Waals surface area contributed by atoms with E-state index in [1.807, 2.05) is 0 Å². The first kappa shape index (κ1) is 15.4. The maximum atomic E-state index is 13.6. The molecular weight excluding hydrogens is 328 g/mol. The molecule has 1 atom stereocenters. The molecular formula is C11H12BrF2NO2S. The van der Waals surface area contributed by atoms with Crippen molar-refractivity contribution in [1.29, 1.82) is 0 Å². The Morgan fingerprint density at radius 2 is 2.22 bits per heavy atom. The molecule has 1 rings (SSSR count). The third-order valence-corrected chi connectivity index (χ3v) is 3.89. The highest BCUT2D eigenvalue weighted by Gasteiger charge is 2.16. The Balaban J connectivity index is 2.59. The Bertz CT molecular complexity index is 445. The van der Waals surface area contributed by atoms with Crippen LogP contribution in [0.1, 0.15) is 5.56 Å². The van der Waals surface area contributed by atoms with Gasteiger partial charge in [0.15, 0.2) is 0 Å². The van der Waals surface area contributed by atoms with Crippen LogP contribution in [0.3, 0.4) is 0 Å².